The number of morpholine rings is 1. The number of carboxylic acid groups (broad SMARTS) is 1. The Morgan fingerprint density at radius 3 is 2.86 bits per heavy atom. The Balaban J connectivity index is 1.91. The zero-order chi connectivity index (χ0) is 15.2. The largest absolute Gasteiger partial charge is 0.478 e. The molecule has 0 spiro atoms. The van der Waals surface area contributed by atoms with Gasteiger partial charge in [-0.1, -0.05) is 0 Å². The van der Waals surface area contributed by atoms with Crippen LogP contribution in [-0.4, -0.2) is 60.3 Å². The van der Waals surface area contributed by atoms with Gasteiger partial charge < -0.3 is 19.6 Å². The van der Waals surface area contributed by atoms with E-state index >= 15 is 0 Å². The number of carboxylic acids is 1. The summed E-state index contributed by atoms with van der Waals surface area (Å²) < 4.78 is 5.23. The molecule has 0 radical (unpaired) electrons. The third-order valence-electron chi connectivity index (χ3n) is 3.09. The highest BCUT2D eigenvalue weighted by atomic mass is 32.1. The molecule has 1 aromatic heterocycles. The lowest BCUT2D eigenvalue weighted by atomic mass is 10.3. The molecule has 114 valence electrons. The molecular weight excluding hydrogens is 292 g/mol. The zero-order valence-corrected chi connectivity index (χ0v) is 12.6. The van der Waals surface area contributed by atoms with E-state index in [-0.39, 0.29) is 6.03 Å². The van der Waals surface area contributed by atoms with E-state index < -0.39 is 5.97 Å². The summed E-state index contributed by atoms with van der Waals surface area (Å²) in [5.41, 5.74) is 0.838. The summed E-state index contributed by atoms with van der Waals surface area (Å²) >= 11 is 1.51. The molecular formula is C14H18N2O4S. The van der Waals surface area contributed by atoms with Gasteiger partial charge in [-0.2, -0.15) is 0 Å². The number of carbonyl (C=O) groups is 2. The van der Waals surface area contributed by atoms with E-state index in [0.717, 1.165) is 16.5 Å². The number of amides is 2. The van der Waals surface area contributed by atoms with Crippen LogP contribution in [0.4, 0.5) is 4.79 Å². The minimum absolute atomic E-state index is 0.00525. The average Bonchev–Trinajstić information content (AvgIpc) is 2.92. The van der Waals surface area contributed by atoms with E-state index in [1.165, 1.54) is 11.3 Å². The number of rotatable bonds is 4. The van der Waals surface area contributed by atoms with E-state index in [0.29, 0.717) is 32.8 Å². The number of ether oxygens (including phenoxy) is 1. The van der Waals surface area contributed by atoms with Gasteiger partial charge in [0.2, 0.25) is 0 Å². The molecule has 0 aliphatic carbocycles. The Hall–Kier alpha value is -1.86. The molecule has 1 aromatic rings. The van der Waals surface area contributed by atoms with Crippen LogP contribution in [0.15, 0.2) is 17.5 Å². The number of nitrogens with zero attached hydrogens (tertiary/aromatic N) is 2. The molecule has 6 nitrogen and oxygen atoms in total. The Bertz CT molecular complexity index is 535. The van der Waals surface area contributed by atoms with Gasteiger partial charge >= 0.3 is 12.0 Å². The van der Waals surface area contributed by atoms with Gasteiger partial charge in [0.15, 0.2) is 0 Å². The van der Waals surface area contributed by atoms with Crippen LogP contribution in [0.5, 0.6) is 0 Å². The molecule has 2 rings (SSSR count). The molecule has 21 heavy (non-hydrogen) atoms. The maximum absolute atomic E-state index is 12.2. The fourth-order valence-corrected chi connectivity index (χ4v) is 2.94. The van der Waals surface area contributed by atoms with Gasteiger partial charge in [0.1, 0.15) is 0 Å². The Morgan fingerprint density at radius 2 is 2.19 bits per heavy atom. The monoisotopic (exact) mass is 310 g/mol. The molecule has 1 fully saturated rings. The van der Waals surface area contributed by atoms with Crippen LogP contribution in [-0.2, 0) is 16.1 Å². The number of carbonyl (C=O) groups excluding carboxylic acids is 1. The van der Waals surface area contributed by atoms with Crippen molar-refractivity contribution in [1.82, 2.24) is 9.80 Å². The number of urea groups is 1. The third kappa shape index (κ3) is 4.57. The second-order valence-electron chi connectivity index (χ2n) is 4.76. The van der Waals surface area contributed by atoms with E-state index in [1.807, 2.05) is 11.4 Å². The fourth-order valence-electron chi connectivity index (χ4n) is 2.03. The van der Waals surface area contributed by atoms with Crippen molar-refractivity contribution in [2.75, 3.05) is 33.4 Å². The van der Waals surface area contributed by atoms with Gasteiger partial charge in [-0.15, -0.1) is 11.3 Å². The normalized spacial score (nSPS) is 15.4. The molecule has 1 saturated heterocycles. The first-order valence-electron chi connectivity index (χ1n) is 6.62. The predicted octanol–water partition coefficient (Wildman–Crippen LogP) is 1.73. The van der Waals surface area contributed by atoms with Crippen molar-refractivity contribution in [1.29, 1.82) is 0 Å². The van der Waals surface area contributed by atoms with Crippen molar-refractivity contribution in [2.45, 2.75) is 6.54 Å². The van der Waals surface area contributed by atoms with Crippen molar-refractivity contribution < 1.29 is 19.4 Å². The summed E-state index contributed by atoms with van der Waals surface area (Å²) in [5, 5.41) is 10.5. The molecule has 0 saturated carbocycles. The lowest BCUT2D eigenvalue weighted by Crippen LogP contribution is -2.46. The van der Waals surface area contributed by atoms with Crippen LogP contribution in [0, 0.1) is 0 Å². The summed E-state index contributed by atoms with van der Waals surface area (Å²) in [6.07, 6.45) is 2.65. The van der Waals surface area contributed by atoms with Gasteiger partial charge in [-0.25, -0.2) is 9.59 Å². The lowest BCUT2D eigenvalue weighted by Gasteiger charge is -2.30. The highest BCUT2D eigenvalue weighted by Gasteiger charge is 2.20. The average molecular weight is 310 g/mol. The van der Waals surface area contributed by atoms with Gasteiger partial charge in [0.25, 0.3) is 0 Å². The minimum Gasteiger partial charge on any atom is -0.478 e. The summed E-state index contributed by atoms with van der Waals surface area (Å²) in [6.45, 7) is 2.94. The van der Waals surface area contributed by atoms with E-state index in [4.69, 9.17) is 9.84 Å². The quantitative estimate of drug-likeness (QED) is 0.860. The molecule has 1 aliphatic heterocycles. The van der Waals surface area contributed by atoms with Crippen LogP contribution in [0.1, 0.15) is 10.4 Å². The number of aliphatic carboxylic acids is 1. The summed E-state index contributed by atoms with van der Waals surface area (Å²) in [7, 11) is 1.77. The van der Waals surface area contributed by atoms with Crippen LogP contribution < -0.4 is 0 Å². The summed E-state index contributed by atoms with van der Waals surface area (Å²) in [6, 6.07) is 1.89. The molecule has 0 unspecified atom stereocenters. The van der Waals surface area contributed by atoms with E-state index in [1.54, 1.807) is 22.9 Å². The third-order valence-corrected chi connectivity index (χ3v) is 4.03. The number of hydrogen-bond donors (Lipinski definition) is 1. The Kier molecular flexibility index (Phi) is 5.35. The maximum atomic E-state index is 12.2. The molecule has 0 atom stereocenters. The maximum Gasteiger partial charge on any atom is 0.328 e. The second kappa shape index (κ2) is 7.24. The van der Waals surface area contributed by atoms with Crippen molar-refractivity contribution in [3.05, 3.63) is 28.0 Å². The molecule has 2 heterocycles. The van der Waals surface area contributed by atoms with Crippen LogP contribution in [0.2, 0.25) is 0 Å². The van der Waals surface area contributed by atoms with Crippen molar-refractivity contribution in [2.24, 2.45) is 0 Å². The second-order valence-corrected chi connectivity index (χ2v) is 5.75. The first-order valence-corrected chi connectivity index (χ1v) is 7.50. The van der Waals surface area contributed by atoms with Crippen LogP contribution in [0.3, 0.4) is 0 Å². The smallest absolute Gasteiger partial charge is 0.328 e. The SMILES string of the molecule is CN(Cc1cc(C=CC(=O)O)cs1)C(=O)N1CCOCC1. The number of thiophene rings is 1. The zero-order valence-electron chi connectivity index (χ0n) is 11.8. The van der Waals surface area contributed by atoms with Gasteiger partial charge in [0.05, 0.1) is 19.8 Å². The Labute approximate surface area is 127 Å². The number of hydrogen-bond acceptors (Lipinski definition) is 4. The highest BCUT2D eigenvalue weighted by Crippen LogP contribution is 2.18. The minimum atomic E-state index is -0.970. The first-order chi connectivity index (χ1) is 10.1. The summed E-state index contributed by atoms with van der Waals surface area (Å²) in [5.74, 6) is -0.970. The van der Waals surface area contributed by atoms with Crippen molar-refractivity contribution in [3.8, 4) is 0 Å². The standard InChI is InChI=1S/C14H18N2O4S/c1-15(14(19)16-4-6-20-7-5-16)9-12-8-11(10-21-12)2-3-13(17)18/h2-3,8,10H,4-7,9H2,1H3,(H,17,18). The van der Waals surface area contributed by atoms with Crippen LogP contribution >= 0.6 is 11.3 Å². The van der Waals surface area contributed by atoms with E-state index in [2.05, 4.69) is 0 Å². The fraction of sp³-hybridized carbons (Fsp3) is 0.429. The molecule has 0 aromatic carbocycles. The van der Waals surface area contributed by atoms with Crippen molar-refractivity contribution in [3.63, 3.8) is 0 Å². The van der Waals surface area contributed by atoms with Gasteiger partial charge in [0, 0.05) is 31.1 Å². The predicted molar refractivity (Wildman–Crippen MR) is 80.2 cm³/mol. The first kappa shape index (κ1) is 15.5. The lowest BCUT2D eigenvalue weighted by molar-refractivity contribution is -0.131. The van der Waals surface area contributed by atoms with Crippen molar-refractivity contribution >= 4 is 29.4 Å². The molecule has 1 aliphatic rings. The van der Waals surface area contributed by atoms with Gasteiger partial charge in [-0.3, -0.25) is 0 Å². The molecule has 7 heteroatoms. The van der Waals surface area contributed by atoms with Crippen LogP contribution in [0.25, 0.3) is 6.08 Å². The molecule has 2 amide bonds. The molecule has 1 N–H and O–H groups in total. The Morgan fingerprint density at radius 1 is 1.48 bits per heavy atom. The summed E-state index contributed by atoms with van der Waals surface area (Å²) in [4.78, 5) is 27.2. The highest BCUT2D eigenvalue weighted by molar-refractivity contribution is 7.10. The molecule has 0 bridgehead atoms. The van der Waals surface area contributed by atoms with E-state index in [9.17, 15) is 9.59 Å². The van der Waals surface area contributed by atoms with Gasteiger partial charge in [-0.05, 0) is 23.1 Å². The topological polar surface area (TPSA) is 70.1 Å².